The Morgan fingerprint density at radius 1 is 1.43 bits per heavy atom. The van der Waals surface area contributed by atoms with E-state index in [-0.39, 0.29) is 12.0 Å². The van der Waals surface area contributed by atoms with Gasteiger partial charge in [0, 0.05) is 12.3 Å². The predicted molar refractivity (Wildman–Crippen MR) is 76.2 cm³/mol. The Hall–Kier alpha value is -2.11. The fourth-order valence-corrected chi connectivity index (χ4v) is 2.12. The van der Waals surface area contributed by atoms with Gasteiger partial charge in [-0.2, -0.15) is 0 Å². The van der Waals surface area contributed by atoms with Gasteiger partial charge in [-0.1, -0.05) is 0 Å². The summed E-state index contributed by atoms with van der Waals surface area (Å²) < 4.78 is 5.40. The molecule has 0 aliphatic heterocycles. The lowest BCUT2D eigenvalue weighted by Crippen LogP contribution is -2.54. The Labute approximate surface area is 123 Å². The molecular weight excluding hydrogens is 272 g/mol. The fraction of sp³-hybridized carbons (Fsp3) is 0.533. The standard InChI is InChI=1S/C15H20N2O4/c1-9(2)21-12-7-4-10(8-16-12)13(18)17-15(3,14(19)20)11-5-6-11/h4,7-9,11H,5-6H2,1-3H3,(H,17,18)(H,19,20). The molecule has 0 aromatic carbocycles. The normalized spacial score (nSPS) is 17.1. The van der Waals surface area contributed by atoms with Crippen LogP contribution >= 0.6 is 0 Å². The summed E-state index contributed by atoms with van der Waals surface area (Å²) in [4.78, 5) is 27.6. The Morgan fingerprint density at radius 2 is 2.10 bits per heavy atom. The van der Waals surface area contributed by atoms with Crippen LogP contribution in [-0.4, -0.2) is 33.6 Å². The molecule has 2 rings (SSSR count). The molecular formula is C15H20N2O4. The molecule has 0 bridgehead atoms. The van der Waals surface area contributed by atoms with Crippen molar-refractivity contribution in [2.45, 2.75) is 45.3 Å². The lowest BCUT2D eigenvalue weighted by molar-refractivity contribution is -0.144. The Morgan fingerprint density at radius 3 is 2.52 bits per heavy atom. The minimum Gasteiger partial charge on any atom is -0.480 e. The van der Waals surface area contributed by atoms with Crippen molar-refractivity contribution in [1.29, 1.82) is 0 Å². The second-order valence-electron chi connectivity index (χ2n) is 5.79. The van der Waals surface area contributed by atoms with Gasteiger partial charge in [-0.25, -0.2) is 9.78 Å². The molecule has 1 aliphatic carbocycles. The number of carboxylic acid groups (broad SMARTS) is 1. The Kier molecular flexibility index (Phi) is 4.16. The van der Waals surface area contributed by atoms with E-state index in [0.29, 0.717) is 11.4 Å². The van der Waals surface area contributed by atoms with Crippen LogP contribution in [0.1, 0.15) is 44.0 Å². The number of rotatable bonds is 6. The highest BCUT2D eigenvalue weighted by atomic mass is 16.5. The van der Waals surface area contributed by atoms with Gasteiger partial charge in [-0.05, 0) is 45.6 Å². The molecule has 0 radical (unpaired) electrons. The van der Waals surface area contributed by atoms with Crippen LogP contribution in [-0.2, 0) is 4.79 Å². The van der Waals surface area contributed by atoms with Crippen molar-refractivity contribution in [3.63, 3.8) is 0 Å². The molecule has 0 spiro atoms. The molecule has 1 aromatic rings. The first-order valence-corrected chi connectivity index (χ1v) is 7.01. The van der Waals surface area contributed by atoms with E-state index in [1.807, 2.05) is 13.8 Å². The molecule has 21 heavy (non-hydrogen) atoms. The van der Waals surface area contributed by atoms with Crippen LogP contribution < -0.4 is 10.1 Å². The number of carbonyl (C=O) groups excluding carboxylic acids is 1. The number of pyridine rings is 1. The number of hydrogen-bond acceptors (Lipinski definition) is 4. The van der Waals surface area contributed by atoms with Gasteiger partial charge in [0.2, 0.25) is 5.88 Å². The number of aromatic nitrogens is 1. The third kappa shape index (κ3) is 3.51. The zero-order valence-corrected chi connectivity index (χ0v) is 12.4. The number of carboxylic acids is 1. The zero-order chi connectivity index (χ0) is 15.6. The quantitative estimate of drug-likeness (QED) is 0.835. The molecule has 114 valence electrons. The highest BCUT2D eigenvalue weighted by Gasteiger charge is 2.48. The van der Waals surface area contributed by atoms with Gasteiger partial charge in [0.15, 0.2) is 0 Å². The minimum atomic E-state index is -1.22. The molecule has 0 saturated heterocycles. The van der Waals surface area contributed by atoms with E-state index in [1.54, 1.807) is 19.1 Å². The number of aliphatic carboxylic acids is 1. The zero-order valence-electron chi connectivity index (χ0n) is 12.4. The van der Waals surface area contributed by atoms with E-state index < -0.39 is 17.4 Å². The summed E-state index contributed by atoms with van der Waals surface area (Å²) in [6.07, 6.45) is 3.04. The lowest BCUT2D eigenvalue weighted by Gasteiger charge is -2.26. The molecule has 1 aliphatic rings. The van der Waals surface area contributed by atoms with Crippen LogP contribution in [0, 0.1) is 5.92 Å². The van der Waals surface area contributed by atoms with Crippen LogP contribution in [0.15, 0.2) is 18.3 Å². The minimum absolute atomic E-state index is 0.00217. The van der Waals surface area contributed by atoms with Crippen molar-refractivity contribution in [1.82, 2.24) is 10.3 Å². The number of carbonyl (C=O) groups is 2. The van der Waals surface area contributed by atoms with Gasteiger partial charge in [-0.3, -0.25) is 4.79 Å². The summed E-state index contributed by atoms with van der Waals surface area (Å²) >= 11 is 0. The number of hydrogen-bond donors (Lipinski definition) is 2. The van der Waals surface area contributed by atoms with Gasteiger partial charge in [-0.15, -0.1) is 0 Å². The molecule has 1 unspecified atom stereocenters. The van der Waals surface area contributed by atoms with Crippen LogP contribution in [0.3, 0.4) is 0 Å². The molecule has 2 N–H and O–H groups in total. The van der Waals surface area contributed by atoms with Gasteiger partial charge < -0.3 is 15.2 Å². The average molecular weight is 292 g/mol. The highest BCUT2D eigenvalue weighted by molar-refractivity contribution is 5.97. The smallest absolute Gasteiger partial charge is 0.329 e. The number of nitrogens with one attached hydrogen (secondary N) is 1. The summed E-state index contributed by atoms with van der Waals surface area (Å²) in [5.74, 6) is -1.01. The fourth-order valence-electron chi connectivity index (χ4n) is 2.12. The molecule has 6 nitrogen and oxygen atoms in total. The number of nitrogens with zero attached hydrogens (tertiary/aromatic N) is 1. The van der Waals surface area contributed by atoms with Gasteiger partial charge >= 0.3 is 5.97 Å². The maximum Gasteiger partial charge on any atom is 0.329 e. The van der Waals surface area contributed by atoms with Gasteiger partial charge in [0.05, 0.1) is 11.7 Å². The highest BCUT2D eigenvalue weighted by Crippen LogP contribution is 2.39. The maximum atomic E-state index is 12.2. The van der Waals surface area contributed by atoms with E-state index in [2.05, 4.69) is 10.3 Å². The number of amides is 1. The van der Waals surface area contributed by atoms with Crippen molar-refractivity contribution in [3.8, 4) is 5.88 Å². The summed E-state index contributed by atoms with van der Waals surface area (Å²) in [6, 6.07) is 3.18. The predicted octanol–water partition coefficient (Wildman–Crippen LogP) is 1.85. The van der Waals surface area contributed by atoms with Gasteiger partial charge in [0.25, 0.3) is 5.91 Å². The maximum absolute atomic E-state index is 12.2. The first kappa shape index (κ1) is 15.3. The Bertz CT molecular complexity index is 537. The van der Waals surface area contributed by atoms with Crippen molar-refractivity contribution in [2.24, 2.45) is 5.92 Å². The summed E-state index contributed by atoms with van der Waals surface area (Å²) in [7, 11) is 0. The van der Waals surface area contributed by atoms with E-state index in [0.717, 1.165) is 12.8 Å². The van der Waals surface area contributed by atoms with Crippen LogP contribution in [0.25, 0.3) is 0 Å². The van der Waals surface area contributed by atoms with E-state index in [1.165, 1.54) is 6.20 Å². The monoisotopic (exact) mass is 292 g/mol. The van der Waals surface area contributed by atoms with Gasteiger partial charge in [0.1, 0.15) is 5.54 Å². The average Bonchev–Trinajstić information content (AvgIpc) is 3.22. The second-order valence-corrected chi connectivity index (χ2v) is 5.79. The van der Waals surface area contributed by atoms with Crippen LogP contribution in [0.2, 0.25) is 0 Å². The third-order valence-electron chi connectivity index (χ3n) is 3.57. The van der Waals surface area contributed by atoms with Crippen molar-refractivity contribution in [2.75, 3.05) is 0 Å². The molecule has 1 aromatic heterocycles. The molecule has 6 heteroatoms. The summed E-state index contributed by atoms with van der Waals surface area (Å²) in [5, 5.41) is 11.9. The first-order valence-electron chi connectivity index (χ1n) is 7.01. The van der Waals surface area contributed by atoms with Crippen molar-refractivity contribution < 1.29 is 19.4 Å². The van der Waals surface area contributed by atoms with Crippen LogP contribution in [0.5, 0.6) is 5.88 Å². The van der Waals surface area contributed by atoms with E-state index in [4.69, 9.17) is 4.74 Å². The second kappa shape index (κ2) is 5.71. The van der Waals surface area contributed by atoms with Crippen molar-refractivity contribution >= 4 is 11.9 Å². The largest absolute Gasteiger partial charge is 0.480 e. The topological polar surface area (TPSA) is 88.5 Å². The lowest BCUT2D eigenvalue weighted by atomic mass is 9.95. The van der Waals surface area contributed by atoms with Crippen LogP contribution in [0.4, 0.5) is 0 Å². The molecule has 1 fully saturated rings. The first-order chi connectivity index (χ1) is 9.83. The molecule has 1 saturated carbocycles. The SMILES string of the molecule is CC(C)Oc1ccc(C(=O)NC(C)(C(=O)O)C2CC2)cn1. The third-order valence-corrected chi connectivity index (χ3v) is 3.57. The molecule has 1 amide bonds. The molecule has 1 atom stereocenters. The van der Waals surface area contributed by atoms with Crippen molar-refractivity contribution in [3.05, 3.63) is 23.9 Å². The summed E-state index contributed by atoms with van der Waals surface area (Å²) in [6.45, 7) is 5.32. The Balaban J connectivity index is 2.07. The van der Waals surface area contributed by atoms with E-state index in [9.17, 15) is 14.7 Å². The van der Waals surface area contributed by atoms with E-state index >= 15 is 0 Å². The number of ether oxygens (including phenoxy) is 1. The molecule has 1 heterocycles. The summed E-state index contributed by atoms with van der Waals surface area (Å²) in [5.41, 5.74) is -0.899.